The molecule has 7 nitrogen and oxygen atoms in total. The van der Waals surface area contributed by atoms with Gasteiger partial charge in [0.1, 0.15) is 0 Å². The van der Waals surface area contributed by atoms with Crippen LogP contribution >= 0.6 is 38.9 Å². The summed E-state index contributed by atoms with van der Waals surface area (Å²) in [5.41, 5.74) is 6.42. The predicted molar refractivity (Wildman–Crippen MR) is 154 cm³/mol. The van der Waals surface area contributed by atoms with Gasteiger partial charge >= 0.3 is 0 Å². The number of carbonyl (C=O) groups excluding carboxylic acids is 1. The molecule has 0 saturated carbocycles. The molecule has 1 aromatic heterocycles. The summed E-state index contributed by atoms with van der Waals surface area (Å²) < 4.78 is 12.0. The van der Waals surface area contributed by atoms with E-state index in [0.717, 1.165) is 32.1 Å². The second-order valence-electron chi connectivity index (χ2n) is 7.63. The molecule has 4 aromatic rings. The number of aromatic nitrogens is 1. The first-order valence-corrected chi connectivity index (χ1v) is 13.5. The average molecular weight is 600 g/mol. The zero-order valence-corrected chi connectivity index (χ0v) is 23.3. The Morgan fingerprint density at radius 2 is 1.73 bits per heavy atom. The number of halogens is 2. The van der Waals surface area contributed by atoms with Gasteiger partial charge in [0.25, 0.3) is 5.91 Å². The van der Waals surface area contributed by atoms with Crippen LogP contribution in [0.5, 0.6) is 11.5 Å². The Morgan fingerprint density at radius 1 is 1.05 bits per heavy atom. The maximum absolute atomic E-state index is 12.6. The second kappa shape index (κ2) is 12.7. The maximum Gasteiger partial charge on any atom is 0.271 e. The molecule has 1 amide bonds. The molecule has 0 saturated heterocycles. The summed E-state index contributed by atoms with van der Waals surface area (Å²) >= 11 is 11.0. The number of nitrogens with one attached hydrogen (secondary N) is 2. The van der Waals surface area contributed by atoms with Crippen LogP contribution in [0.15, 0.2) is 75.6 Å². The predicted octanol–water partition coefficient (Wildman–Crippen LogP) is 7.53. The number of hydrogen-bond donors (Lipinski definition) is 2. The van der Waals surface area contributed by atoms with Gasteiger partial charge in [0.05, 0.1) is 25.1 Å². The minimum absolute atomic E-state index is 0.321. The van der Waals surface area contributed by atoms with Gasteiger partial charge in [-0.15, -0.1) is 11.3 Å². The van der Waals surface area contributed by atoms with E-state index in [-0.39, 0.29) is 5.91 Å². The van der Waals surface area contributed by atoms with Gasteiger partial charge in [-0.1, -0.05) is 23.7 Å². The third kappa shape index (κ3) is 7.09. The van der Waals surface area contributed by atoms with E-state index in [1.807, 2.05) is 67.8 Å². The van der Waals surface area contributed by atoms with Gasteiger partial charge in [0.2, 0.25) is 0 Å². The van der Waals surface area contributed by atoms with Crippen molar-refractivity contribution in [2.45, 2.75) is 13.8 Å². The fraction of sp³-hybridized carbons (Fsp3) is 0.148. The zero-order valence-electron chi connectivity index (χ0n) is 20.1. The van der Waals surface area contributed by atoms with Gasteiger partial charge in [-0.3, -0.25) is 4.79 Å². The highest BCUT2D eigenvalue weighted by molar-refractivity contribution is 9.10. The number of benzene rings is 3. The number of anilines is 2. The summed E-state index contributed by atoms with van der Waals surface area (Å²) in [6.07, 6.45) is 1.55. The molecule has 0 aliphatic rings. The van der Waals surface area contributed by atoms with Crippen LogP contribution in [0.25, 0.3) is 11.3 Å². The Bertz CT molecular complexity index is 1390. The lowest BCUT2D eigenvalue weighted by Gasteiger charge is -2.12. The molecule has 0 unspecified atom stereocenters. The lowest BCUT2D eigenvalue weighted by atomic mass is 10.1. The standard InChI is InChI=1S/C27H24BrClN4O3S/c1-3-35-24-13-19(22(28)14-25(24)36-4-2)15-30-33-26(34)18-7-5-17(6-8-18)23-16-37-27(32-23)31-21-11-9-20(29)10-12-21/h5-16H,3-4H2,1-2H3,(H,31,32)(H,33,34)/b30-15-. The van der Waals surface area contributed by atoms with Crippen molar-refractivity contribution >= 4 is 61.8 Å². The number of amides is 1. The number of carbonyl (C=O) groups is 1. The summed E-state index contributed by atoms with van der Waals surface area (Å²) in [7, 11) is 0. The van der Waals surface area contributed by atoms with Crippen molar-refractivity contribution in [3.63, 3.8) is 0 Å². The number of hydrogen-bond acceptors (Lipinski definition) is 7. The van der Waals surface area contributed by atoms with Crippen molar-refractivity contribution in [1.29, 1.82) is 0 Å². The molecule has 190 valence electrons. The molecule has 0 aliphatic carbocycles. The van der Waals surface area contributed by atoms with Crippen LogP contribution in [0.4, 0.5) is 10.8 Å². The van der Waals surface area contributed by atoms with Crippen molar-refractivity contribution < 1.29 is 14.3 Å². The molecule has 0 radical (unpaired) electrons. The molecular formula is C27H24BrClN4O3S. The van der Waals surface area contributed by atoms with Crippen LogP contribution in [-0.4, -0.2) is 30.3 Å². The van der Waals surface area contributed by atoms with Crippen LogP contribution in [0.2, 0.25) is 5.02 Å². The second-order valence-corrected chi connectivity index (χ2v) is 9.78. The molecule has 0 bridgehead atoms. The van der Waals surface area contributed by atoms with Gasteiger partial charge in [-0.25, -0.2) is 10.4 Å². The molecule has 4 rings (SSSR count). The van der Waals surface area contributed by atoms with Crippen molar-refractivity contribution in [1.82, 2.24) is 10.4 Å². The van der Waals surface area contributed by atoms with Crippen LogP contribution in [0, 0.1) is 0 Å². The van der Waals surface area contributed by atoms with Crippen LogP contribution in [0.3, 0.4) is 0 Å². The number of nitrogens with zero attached hydrogens (tertiary/aromatic N) is 2. The monoisotopic (exact) mass is 598 g/mol. The topological polar surface area (TPSA) is 84.8 Å². The molecule has 1 heterocycles. The van der Waals surface area contributed by atoms with Crippen LogP contribution < -0.4 is 20.2 Å². The van der Waals surface area contributed by atoms with E-state index in [9.17, 15) is 4.79 Å². The Balaban J connectivity index is 1.38. The Morgan fingerprint density at radius 3 is 2.41 bits per heavy atom. The Hall–Kier alpha value is -3.40. The summed E-state index contributed by atoms with van der Waals surface area (Å²) in [5.74, 6) is 0.938. The molecule has 10 heteroatoms. The van der Waals surface area contributed by atoms with Crippen molar-refractivity contribution in [2.24, 2.45) is 5.10 Å². The number of rotatable bonds is 10. The molecule has 0 fully saturated rings. The largest absolute Gasteiger partial charge is 0.490 e. The quantitative estimate of drug-likeness (QED) is 0.145. The lowest BCUT2D eigenvalue weighted by Crippen LogP contribution is -2.17. The van der Waals surface area contributed by atoms with Crippen LogP contribution in [0.1, 0.15) is 29.8 Å². The highest BCUT2D eigenvalue weighted by Crippen LogP contribution is 2.33. The number of hydrazone groups is 1. The molecule has 3 aromatic carbocycles. The summed E-state index contributed by atoms with van der Waals surface area (Å²) in [6.45, 7) is 4.85. The van der Waals surface area contributed by atoms with Crippen molar-refractivity contribution in [3.05, 3.63) is 86.7 Å². The Labute approximate surface area is 232 Å². The van der Waals surface area contributed by atoms with Gasteiger partial charge in [-0.2, -0.15) is 5.10 Å². The van der Waals surface area contributed by atoms with E-state index < -0.39 is 0 Å². The molecule has 0 spiro atoms. The minimum atomic E-state index is -0.321. The third-order valence-corrected chi connectivity index (χ3v) is 6.77. The minimum Gasteiger partial charge on any atom is -0.490 e. The molecule has 0 aliphatic heterocycles. The number of thiazole rings is 1. The molecule has 2 N–H and O–H groups in total. The SMILES string of the molecule is CCOc1cc(Br)c(/C=N\NC(=O)c2ccc(-c3csc(Nc4ccc(Cl)cc4)n3)cc2)cc1OCC. The maximum atomic E-state index is 12.6. The van der Waals surface area contributed by atoms with Gasteiger partial charge < -0.3 is 14.8 Å². The first kappa shape index (κ1) is 26.7. The van der Waals surface area contributed by atoms with Gasteiger partial charge in [-0.05, 0) is 78.3 Å². The van der Waals surface area contributed by atoms with Crippen molar-refractivity contribution in [2.75, 3.05) is 18.5 Å². The smallest absolute Gasteiger partial charge is 0.271 e. The molecular weight excluding hydrogens is 576 g/mol. The third-order valence-electron chi connectivity index (χ3n) is 5.07. The first-order chi connectivity index (χ1) is 18.0. The van der Waals surface area contributed by atoms with E-state index >= 15 is 0 Å². The van der Waals surface area contributed by atoms with E-state index in [0.29, 0.717) is 35.3 Å². The van der Waals surface area contributed by atoms with E-state index in [1.54, 1.807) is 18.3 Å². The fourth-order valence-corrected chi connectivity index (χ4v) is 4.61. The number of ether oxygens (including phenoxy) is 2. The van der Waals surface area contributed by atoms with E-state index in [1.165, 1.54) is 11.3 Å². The highest BCUT2D eigenvalue weighted by Gasteiger charge is 2.11. The molecule has 0 atom stereocenters. The zero-order chi connectivity index (χ0) is 26.2. The average Bonchev–Trinajstić information content (AvgIpc) is 3.36. The van der Waals surface area contributed by atoms with Crippen molar-refractivity contribution in [3.8, 4) is 22.8 Å². The van der Waals surface area contributed by atoms with E-state index in [2.05, 4.69) is 36.8 Å². The summed E-state index contributed by atoms with van der Waals surface area (Å²) in [5, 5.41) is 10.8. The molecule has 37 heavy (non-hydrogen) atoms. The lowest BCUT2D eigenvalue weighted by molar-refractivity contribution is 0.0955. The normalized spacial score (nSPS) is 10.9. The van der Waals surface area contributed by atoms with Gasteiger partial charge in [0.15, 0.2) is 16.6 Å². The first-order valence-electron chi connectivity index (χ1n) is 11.5. The van der Waals surface area contributed by atoms with Crippen LogP contribution in [-0.2, 0) is 0 Å². The fourth-order valence-electron chi connectivity index (χ4n) is 3.32. The summed E-state index contributed by atoms with van der Waals surface area (Å²) in [4.78, 5) is 17.2. The highest BCUT2D eigenvalue weighted by atomic mass is 79.9. The summed E-state index contributed by atoms with van der Waals surface area (Å²) in [6, 6.07) is 18.3. The van der Waals surface area contributed by atoms with E-state index in [4.69, 9.17) is 21.1 Å². The Kier molecular flexibility index (Phi) is 9.16. The van der Waals surface area contributed by atoms with Gasteiger partial charge in [0, 0.05) is 37.3 Å².